The standard InChI is InChI=1S/C41H31NO/c1-26-13-12-14-27(2)38(26)40-33-20-9-7-18-31(33)39(32-19-8-10-21-34(32)40)28-23-24-37-36(25-28)30-17-6-11-22-35(30)41(43)42(37)29-15-4-3-5-16-29/h3-5,7-10,12-25H,6,11H2,1-2H3. The summed E-state index contributed by atoms with van der Waals surface area (Å²) in [4.78, 5) is 13.9. The Bertz CT molecular complexity index is 2350. The van der Waals surface area contributed by atoms with Crippen molar-refractivity contribution < 1.29 is 0 Å². The number of fused-ring (bicyclic) bond motifs is 5. The van der Waals surface area contributed by atoms with Gasteiger partial charge in [-0.3, -0.25) is 9.36 Å². The van der Waals surface area contributed by atoms with Crippen LogP contribution in [0.5, 0.6) is 0 Å². The van der Waals surface area contributed by atoms with Gasteiger partial charge < -0.3 is 0 Å². The molecule has 206 valence electrons. The van der Waals surface area contributed by atoms with E-state index in [2.05, 4.69) is 111 Å². The van der Waals surface area contributed by atoms with Crippen LogP contribution in [0.2, 0.25) is 0 Å². The molecule has 0 saturated heterocycles. The largest absolute Gasteiger partial charge is 0.276 e. The van der Waals surface area contributed by atoms with Crippen LogP contribution in [0.15, 0.2) is 120 Å². The predicted octanol–water partition coefficient (Wildman–Crippen LogP) is 8.60. The molecule has 1 heterocycles. The third kappa shape index (κ3) is 3.90. The number of aromatic nitrogens is 1. The summed E-state index contributed by atoms with van der Waals surface area (Å²) in [6.07, 6.45) is 6.19. The molecule has 2 nitrogen and oxygen atoms in total. The maximum absolute atomic E-state index is 13.9. The molecular formula is C41H31NO. The summed E-state index contributed by atoms with van der Waals surface area (Å²) in [6.45, 7) is 4.43. The van der Waals surface area contributed by atoms with Gasteiger partial charge in [0.1, 0.15) is 0 Å². The fourth-order valence-electron chi connectivity index (χ4n) is 7.22. The third-order valence-electron chi connectivity index (χ3n) is 9.08. The van der Waals surface area contributed by atoms with Gasteiger partial charge in [0.25, 0.3) is 5.56 Å². The van der Waals surface area contributed by atoms with E-state index in [1.54, 1.807) is 0 Å². The number of aryl methyl sites for hydroxylation is 2. The second-order valence-electron chi connectivity index (χ2n) is 11.6. The van der Waals surface area contributed by atoms with E-state index in [1.807, 2.05) is 34.9 Å². The van der Waals surface area contributed by atoms with Crippen LogP contribution in [0, 0.1) is 13.8 Å². The van der Waals surface area contributed by atoms with Crippen LogP contribution in [0.4, 0.5) is 0 Å². The number of rotatable bonds is 3. The minimum absolute atomic E-state index is 0.0475. The van der Waals surface area contributed by atoms with Crippen molar-refractivity contribution >= 4 is 44.6 Å². The molecule has 0 fully saturated rings. The Morgan fingerprint density at radius 2 is 1.07 bits per heavy atom. The second kappa shape index (κ2) is 9.96. The van der Waals surface area contributed by atoms with Crippen LogP contribution in [0.25, 0.3) is 72.5 Å². The highest BCUT2D eigenvalue weighted by atomic mass is 16.1. The van der Waals surface area contributed by atoms with Gasteiger partial charge in [-0.1, -0.05) is 103 Å². The molecule has 2 heteroatoms. The van der Waals surface area contributed by atoms with E-state index >= 15 is 0 Å². The molecule has 0 saturated carbocycles. The SMILES string of the molecule is Cc1cccc(C)c1-c1c2ccccc2c(-c2ccc3c(c2)c2c(c(=O)n3-c3ccccc3)=CCCC=2)c2ccccc12. The molecule has 0 unspecified atom stereocenters. The van der Waals surface area contributed by atoms with Gasteiger partial charge in [0, 0.05) is 16.3 Å². The van der Waals surface area contributed by atoms with Gasteiger partial charge in [0.15, 0.2) is 0 Å². The van der Waals surface area contributed by atoms with E-state index in [0.717, 1.165) is 45.4 Å². The van der Waals surface area contributed by atoms with Gasteiger partial charge in [-0.15, -0.1) is 0 Å². The molecule has 1 aromatic heterocycles. The smallest absolute Gasteiger partial charge is 0.263 e. The van der Waals surface area contributed by atoms with Crippen LogP contribution >= 0.6 is 0 Å². The van der Waals surface area contributed by atoms with Gasteiger partial charge in [-0.05, 0) is 111 Å². The summed E-state index contributed by atoms with van der Waals surface area (Å²) in [7, 11) is 0. The molecule has 8 rings (SSSR count). The van der Waals surface area contributed by atoms with E-state index in [1.165, 1.54) is 49.4 Å². The van der Waals surface area contributed by atoms with Crippen LogP contribution in [0.3, 0.4) is 0 Å². The molecule has 0 aliphatic heterocycles. The summed E-state index contributed by atoms with van der Waals surface area (Å²) < 4.78 is 1.88. The maximum atomic E-state index is 13.9. The number of para-hydroxylation sites is 1. The normalized spacial score (nSPS) is 12.7. The highest BCUT2D eigenvalue weighted by molar-refractivity contribution is 6.22. The van der Waals surface area contributed by atoms with Crippen molar-refractivity contribution in [3.63, 3.8) is 0 Å². The van der Waals surface area contributed by atoms with Gasteiger partial charge >= 0.3 is 0 Å². The van der Waals surface area contributed by atoms with Crippen LogP contribution in [0.1, 0.15) is 24.0 Å². The highest BCUT2D eigenvalue weighted by Crippen LogP contribution is 2.45. The molecule has 1 aliphatic carbocycles. The van der Waals surface area contributed by atoms with Crippen LogP contribution in [-0.2, 0) is 0 Å². The lowest BCUT2D eigenvalue weighted by Gasteiger charge is -2.20. The molecule has 0 atom stereocenters. The van der Waals surface area contributed by atoms with Crippen molar-refractivity contribution in [2.45, 2.75) is 26.7 Å². The minimum atomic E-state index is 0.0475. The number of nitrogens with zero attached hydrogens (tertiary/aromatic N) is 1. The molecule has 0 radical (unpaired) electrons. The van der Waals surface area contributed by atoms with E-state index < -0.39 is 0 Å². The van der Waals surface area contributed by atoms with Crippen molar-refractivity contribution in [2.75, 3.05) is 0 Å². The molecular weight excluding hydrogens is 522 g/mol. The van der Waals surface area contributed by atoms with Crippen LogP contribution in [-0.4, -0.2) is 4.57 Å². The first kappa shape index (κ1) is 25.5. The van der Waals surface area contributed by atoms with Crippen molar-refractivity contribution in [3.05, 3.63) is 147 Å². The fraction of sp³-hybridized carbons (Fsp3) is 0.0976. The van der Waals surface area contributed by atoms with E-state index in [-0.39, 0.29) is 5.56 Å². The Labute approximate surface area is 250 Å². The number of pyridine rings is 1. The monoisotopic (exact) mass is 553 g/mol. The molecule has 0 amide bonds. The Morgan fingerprint density at radius 1 is 0.512 bits per heavy atom. The fourth-order valence-corrected chi connectivity index (χ4v) is 7.22. The van der Waals surface area contributed by atoms with Crippen molar-refractivity contribution in [1.29, 1.82) is 0 Å². The summed E-state index contributed by atoms with van der Waals surface area (Å²) in [6, 6.07) is 40.9. The lowest BCUT2D eigenvalue weighted by Crippen LogP contribution is -2.45. The molecule has 7 aromatic rings. The number of benzene rings is 6. The average molecular weight is 554 g/mol. The van der Waals surface area contributed by atoms with Crippen molar-refractivity contribution in [2.24, 2.45) is 0 Å². The zero-order valence-electron chi connectivity index (χ0n) is 24.4. The Morgan fingerprint density at radius 3 is 1.70 bits per heavy atom. The Kier molecular flexibility index (Phi) is 5.90. The van der Waals surface area contributed by atoms with E-state index in [0.29, 0.717) is 0 Å². The molecule has 0 spiro atoms. The Hall–Kier alpha value is -5.21. The van der Waals surface area contributed by atoms with Gasteiger partial charge in [-0.25, -0.2) is 0 Å². The van der Waals surface area contributed by atoms with Crippen LogP contribution < -0.4 is 16.0 Å². The molecule has 0 N–H and O–H groups in total. The van der Waals surface area contributed by atoms with E-state index in [4.69, 9.17) is 0 Å². The van der Waals surface area contributed by atoms with Gasteiger partial charge in [0.2, 0.25) is 0 Å². The Balaban J connectivity index is 1.52. The second-order valence-corrected chi connectivity index (χ2v) is 11.6. The minimum Gasteiger partial charge on any atom is -0.276 e. The van der Waals surface area contributed by atoms with Crippen molar-refractivity contribution in [3.8, 4) is 27.9 Å². The van der Waals surface area contributed by atoms with Gasteiger partial charge in [0.05, 0.1) is 5.52 Å². The highest BCUT2D eigenvalue weighted by Gasteiger charge is 2.20. The number of hydrogen-bond donors (Lipinski definition) is 0. The molecule has 1 aliphatic rings. The first-order chi connectivity index (χ1) is 21.1. The summed E-state index contributed by atoms with van der Waals surface area (Å²) in [5, 5.41) is 7.95. The van der Waals surface area contributed by atoms with E-state index in [9.17, 15) is 4.79 Å². The first-order valence-electron chi connectivity index (χ1n) is 15.1. The molecule has 6 aromatic carbocycles. The third-order valence-corrected chi connectivity index (χ3v) is 9.08. The first-order valence-corrected chi connectivity index (χ1v) is 15.1. The van der Waals surface area contributed by atoms with Crippen molar-refractivity contribution in [1.82, 2.24) is 4.57 Å². The lowest BCUT2D eigenvalue weighted by atomic mass is 9.83. The zero-order valence-corrected chi connectivity index (χ0v) is 24.4. The molecule has 43 heavy (non-hydrogen) atoms. The molecule has 0 bridgehead atoms. The van der Waals surface area contributed by atoms with Gasteiger partial charge in [-0.2, -0.15) is 0 Å². The quantitative estimate of drug-likeness (QED) is 0.201. The number of hydrogen-bond acceptors (Lipinski definition) is 1. The summed E-state index contributed by atoms with van der Waals surface area (Å²) in [5.74, 6) is 0. The zero-order chi connectivity index (χ0) is 29.1. The summed E-state index contributed by atoms with van der Waals surface area (Å²) >= 11 is 0. The topological polar surface area (TPSA) is 22.0 Å². The predicted molar refractivity (Wildman–Crippen MR) is 182 cm³/mol. The maximum Gasteiger partial charge on any atom is 0.263 e. The lowest BCUT2D eigenvalue weighted by molar-refractivity contribution is 1.00. The summed E-state index contributed by atoms with van der Waals surface area (Å²) in [5.41, 5.74) is 9.44. The average Bonchev–Trinajstić information content (AvgIpc) is 3.05.